The smallest absolute Gasteiger partial charge is 0.119 e. The fraction of sp³-hybridized carbons (Fsp3) is 0.167. The van der Waals surface area contributed by atoms with Crippen LogP contribution in [0.3, 0.4) is 0 Å². The van der Waals surface area contributed by atoms with Crippen LogP contribution in [0.5, 0.6) is 5.75 Å². The lowest BCUT2D eigenvalue weighted by atomic mass is 10.1. The number of unbranched alkanes of at least 4 members (excludes halogenated alkanes) is 2. The van der Waals surface area contributed by atoms with E-state index in [1.807, 2.05) is 30.3 Å². The topological polar surface area (TPSA) is 9.23 Å². The van der Waals surface area contributed by atoms with Crippen molar-refractivity contribution in [1.82, 2.24) is 0 Å². The molecule has 1 nitrogen and oxygen atoms in total. The fourth-order valence-corrected chi connectivity index (χ4v) is 9.47. The Hall–Kier alpha value is -3.19. The first-order chi connectivity index (χ1) is 18.8. The molecule has 198 valence electrons. The van der Waals surface area contributed by atoms with Crippen molar-refractivity contribution in [1.29, 1.82) is 0 Å². The highest BCUT2D eigenvalue weighted by atomic mass is 79.9. The fourth-order valence-electron chi connectivity index (χ4n) is 5.24. The first-order valence-corrected chi connectivity index (χ1v) is 15.6. The van der Waals surface area contributed by atoms with E-state index in [0.29, 0.717) is 0 Å². The zero-order valence-corrected chi connectivity index (χ0v) is 24.8. The van der Waals surface area contributed by atoms with E-state index in [-0.39, 0.29) is 17.0 Å². The Morgan fingerprint density at radius 2 is 0.949 bits per heavy atom. The van der Waals surface area contributed by atoms with Crippen LogP contribution in [0.2, 0.25) is 0 Å². The second kappa shape index (κ2) is 14.8. The number of benzene rings is 5. The van der Waals surface area contributed by atoms with Crippen molar-refractivity contribution in [3.05, 3.63) is 157 Å². The van der Waals surface area contributed by atoms with E-state index in [1.54, 1.807) is 0 Å². The minimum absolute atomic E-state index is 0. The van der Waals surface area contributed by atoms with Crippen molar-refractivity contribution in [2.24, 2.45) is 0 Å². The maximum Gasteiger partial charge on any atom is 0.119 e. The molecular weight excluding hydrogens is 559 g/mol. The van der Waals surface area contributed by atoms with Gasteiger partial charge in [-0.2, -0.15) is 0 Å². The highest BCUT2D eigenvalue weighted by molar-refractivity contribution is 7.95. The molecule has 0 heterocycles. The first-order valence-electron chi connectivity index (χ1n) is 13.7. The van der Waals surface area contributed by atoms with Crippen LogP contribution in [0.1, 0.15) is 30.4 Å². The Morgan fingerprint density at radius 1 is 0.462 bits per heavy atom. The third-order valence-electron chi connectivity index (χ3n) is 7.12. The van der Waals surface area contributed by atoms with Gasteiger partial charge in [-0.25, -0.2) is 0 Å². The molecular formula is C36H36BrOP. The molecule has 3 heteroatoms. The molecule has 0 aliphatic carbocycles. The lowest BCUT2D eigenvalue weighted by Gasteiger charge is -2.28. The standard InChI is InChI=1S/C36H36OP.BrH/c1-7-20-33(21-8-1)37-28-15-5-6-17-31-18-16-19-32(29-31)30-38(34-22-9-2-10-23-34,35-24-11-3-12-25-35)36-26-13-4-14-27-36;/h1-4,7-14,16,18-27,29H,5-6,15,17,28,30H2;1H/q+1;/p-1. The number of hydrogen-bond acceptors (Lipinski definition) is 1. The van der Waals surface area contributed by atoms with Gasteiger partial charge in [0.05, 0.1) is 12.8 Å². The molecule has 0 saturated carbocycles. The van der Waals surface area contributed by atoms with Crippen molar-refractivity contribution in [3.63, 3.8) is 0 Å². The van der Waals surface area contributed by atoms with Gasteiger partial charge in [0.2, 0.25) is 0 Å². The molecule has 0 fully saturated rings. The molecule has 0 aromatic heterocycles. The lowest BCUT2D eigenvalue weighted by molar-refractivity contribution is -0.00000795. The maximum atomic E-state index is 5.86. The highest BCUT2D eigenvalue weighted by Gasteiger charge is 2.45. The molecule has 0 aliphatic rings. The first kappa shape index (κ1) is 28.8. The van der Waals surface area contributed by atoms with Crippen LogP contribution in [0.4, 0.5) is 0 Å². The van der Waals surface area contributed by atoms with E-state index in [1.165, 1.54) is 39.9 Å². The third kappa shape index (κ3) is 7.47. The molecule has 5 rings (SSSR count). The zero-order chi connectivity index (χ0) is 25.9. The van der Waals surface area contributed by atoms with Crippen LogP contribution in [0.15, 0.2) is 146 Å². The molecule has 0 N–H and O–H groups in total. The average molecular weight is 596 g/mol. The quantitative estimate of drug-likeness (QED) is 0.146. The molecule has 5 aromatic rings. The van der Waals surface area contributed by atoms with Crippen molar-refractivity contribution >= 4 is 23.2 Å². The summed E-state index contributed by atoms with van der Waals surface area (Å²) in [6, 6.07) is 52.9. The van der Waals surface area contributed by atoms with Gasteiger partial charge in [0, 0.05) is 0 Å². The van der Waals surface area contributed by atoms with Crippen LogP contribution < -0.4 is 37.6 Å². The molecule has 0 bridgehead atoms. The van der Waals surface area contributed by atoms with Crippen LogP contribution in [0.25, 0.3) is 0 Å². The minimum atomic E-state index is -1.88. The van der Waals surface area contributed by atoms with Gasteiger partial charge < -0.3 is 21.7 Å². The summed E-state index contributed by atoms with van der Waals surface area (Å²) in [5.74, 6) is 0.960. The molecule has 0 amide bonds. The van der Waals surface area contributed by atoms with Crippen molar-refractivity contribution < 1.29 is 21.7 Å². The molecule has 0 atom stereocenters. The van der Waals surface area contributed by atoms with Crippen LogP contribution >= 0.6 is 7.26 Å². The zero-order valence-electron chi connectivity index (χ0n) is 22.3. The van der Waals surface area contributed by atoms with Crippen LogP contribution in [0, 0.1) is 0 Å². The van der Waals surface area contributed by atoms with E-state index in [2.05, 4.69) is 115 Å². The SMILES string of the molecule is [Br-].c1ccc(OCCCCCc2cccc(C[P+](c3ccccc3)(c3ccccc3)c3ccccc3)c2)cc1. The van der Waals surface area contributed by atoms with Crippen LogP contribution in [-0.2, 0) is 12.6 Å². The summed E-state index contributed by atoms with van der Waals surface area (Å²) in [5, 5.41) is 4.30. The maximum absolute atomic E-state index is 5.86. The summed E-state index contributed by atoms with van der Waals surface area (Å²) < 4.78 is 5.86. The van der Waals surface area contributed by atoms with Gasteiger partial charge in [-0.05, 0) is 85.3 Å². The molecule has 39 heavy (non-hydrogen) atoms. The van der Waals surface area contributed by atoms with E-state index in [4.69, 9.17) is 4.74 Å². The summed E-state index contributed by atoms with van der Waals surface area (Å²) in [6.45, 7) is 0.780. The Kier molecular flexibility index (Phi) is 11.0. The number of aryl methyl sites for hydroxylation is 1. The van der Waals surface area contributed by atoms with Crippen LogP contribution in [-0.4, -0.2) is 6.61 Å². The van der Waals surface area contributed by atoms with E-state index >= 15 is 0 Å². The second-order valence-corrected chi connectivity index (χ2v) is 13.3. The van der Waals surface area contributed by atoms with Gasteiger partial charge in [0.1, 0.15) is 28.9 Å². The van der Waals surface area contributed by atoms with Gasteiger partial charge in [-0.15, -0.1) is 0 Å². The molecule has 0 radical (unpaired) electrons. The summed E-state index contributed by atoms with van der Waals surface area (Å²) >= 11 is 0. The molecule has 0 saturated heterocycles. The Bertz CT molecular complexity index is 1280. The van der Waals surface area contributed by atoms with Crippen molar-refractivity contribution in [3.8, 4) is 5.75 Å². The molecule has 0 spiro atoms. The molecule has 0 unspecified atom stereocenters. The van der Waals surface area contributed by atoms with Gasteiger partial charge in [0.25, 0.3) is 0 Å². The summed E-state index contributed by atoms with van der Waals surface area (Å²) in [7, 11) is -1.88. The number of halogens is 1. The Balaban J connectivity index is 0.00000353. The lowest BCUT2D eigenvalue weighted by Crippen LogP contribution is -3.00. The number of para-hydroxylation sites is 1. The average Bonchev–Trinajstić information content (AvgIpc) is 3.00. The largest absolute Gasteiger partial charge is 1.00 e. The monoisotopic (exact) mass is 594 g/mol. The molecule has 0 aliphatic heterocycles. The summed E-state index contributed by atoms with van der Waals surface area (Å²) in [5.41, 5.74) is 2.85. The van der Waals surface area contributed by atoms with Gasteiger partial charge in [0.15, 0.2) is 0 Å². The predicted octanol–water partition coefficient (Wildman–Crippen LogP) is 4.98. The van der Waals surface area contributed by atoms with Crippen molar-refractivity contribution in [2.75, 3.05) is 6.61 Å². The van der Waals surface area contributed by atoms with Gasteiger partial charge in [-0.3, -0.25) is 0 Å². The Morgan fingerprint density at radius 3 is 1.49 bits per heavy atom. The second-order valence-electron chi connectivity index (χ2n) is 9.77. The normalized spacial score (nSPS) is 11.0. The van der Waals surface area contributed by atoms with Gasteiger partial charge in [-0.1, -0.05) is 97.1 Å². The number of ether oxygens (including phenoxy) is 1. The molecule has 5 aromatic carbocycles. The number of rotatable bonds is 12. The summed E-state index contributed by atoms with van der Waals surface area (Å²) in [4.78, 5) is 0. The predicted molar refractivity (Wildman–Crippen MR) is 165 cm³/mol. The third-order valence-corrected chi connectivity index (χ3v) is 11.5. The minimum Gasteiger partial charge on any atom is -1.00 e. The van der Waals surface area contributed by atoms with E-state index < -0.39 is 7.26 Å². The highest BCUT2D eigenvalue weighted by Crippen LogP contribution is 2.58. The van der Waals surface area contributed by atoms with E-state index in [0.717, 1.165) is 31.4 Å². The van der Waals surface area contributed by atoms with E-state index in [9.17, 15) is 0 Å². The van der Waals surface area contributed by atoms with Crippen molar-refractivity contribution in [2.45, 2.75) is 31.8 Å². The number of hydrogen-bond donors (Lipinski definition) is 0. The van der Waals surface area contributed by atoms with Gasteiger partial charge >= 0.3 is 0 Å². The summed E-state index contributed by atoms with van der Waals surface area (Å²) in [6.07, 6.45) is 5.56. The Labute approximate surface area is 245 Å².